The Bertz CT molecular complexity index is 1010. The number of nitro benzene ring substituents is 1. The first-order valence-electron chi connectivity index (χ1n) is 7.99. The first-order chi connectivity index (χ1) is 12.1. The number of hydrazone groups is 1. The number of rotatable bonds is 3. The number of nitro groups is 1. The molecule has 1 aliphatic rings. The van der Waals surface area contributed by atoms with Gasteiger partial charge in [0.2, 0.25) is 0 Å². The Morgan fingerprint density at radius 1 is 1.20 bits per heavy atom. The summed E-state index contributed by atoms with van der Waals surface area (Å²) in [4.78, 5) is 13.8. The number of non-ortho nitro benzene ring substituents is 1. The average molecular weight is 338 g/mol. The lowest BCUT2D eigenvalue weighted by Gasteiger charge is -2.14. The van der Waals surface area contributed by atoms with Crippen molar-refractivity contribution in [3.05, 3.63) is 69.7 Å². The summed E-state index contributed by atoms with van der Waals surface area (Å²) in [6, 6.07) is 10.9. The number of fused-ring (bicyclic) bond motifs is 3. The summed E-state index contributed by atoms with van der Waals surface area (Å²) in [6.07, 6.45) is 2.59. The van der Waals surface area contributed by atoms with Gasteiger partial charge in [0.25, 0.3) is 5.69 Å². The summed E-state index contributed by atoms with van der Waals surface area (Å²) in [6.45, 7) is 0. The maximum absolute atomic E-state index is 13.6. The van der Waals surface area contributed by atoms with Gasteiger partial charge < -0.3 is 4.98 Å². The van der Waals surface area contributed by atoms with Gasteiger partial charge in [0, 0.05) is 34.3 Å². The van der Waals surface area contributed by atoms with E-state index in [-0.39, 0.29) is 11.5 Å². The fourth-order valence-corrected chi connectivity index (χ4v) is 3.23. The van der Waals surface area contributed by atoms with Crippen molar-refractivity contribution < 1.29 is 9.31 Å². The van der Waals surface area contributed by atoms with Crippen LogP contribution in [0.5, 0.6) is 0 Å². The molecule has 0 unspecified atom stereocenters. The molecule has 0 saturated carbocycles. The van der Waals surface area contributed by atoms with E-state index in [2.05, 4.69) is 15.5 Å². The minimum absolute atomic E-state index is 0.00342. The lowest BCUT2D eigenvalue weighted by atomic mass is 9.93. The monoisotopic (exact) mass is 338 g/mol. The van der Waals surface area contributed by atoms with E-state index in [1.807, 2.05) is 0 Å². The molecule has 3 aromatic rings. The Hall–Kier alpha value is -3.22. The minimum Gasteiger partial charge on any atom is -0.358 e. The van der Waals surface area contributed by atoms with Gasteiger partial charge in [-0.3, -0.25) is 15.5 Å². The van der Waals surface area contributed by atoms with Crippen LogP contribution in [0.25, 0.3) is 10.9 Å². The number of halogens is 1. The number of aryl methyl sites for hydroxylation is 1. The fourth-order valence-electron chi connectivity index (χ4n) is 3.23. The van der Waals surface area contributed by atoms with Gasteiger partial charge in [0.15, 0.2) is 0 Å². The van der Waals surface area contributed by atoms with Gasteiger partial charge in [0.1, 0.15) is 5.82 Å². The maximum atomic E-state index is 13.6. The van der Waals surface area contributed by atoms with Crippen molar-refractivity contribution in [3.63, 3.8) is 0 Å². The number of hydrogen-bond donors (Lipinski definition) is 2. The van der Waals surface area contributed by atoms with E-state index in [0.717, 1.165) is 47.1 Å². The molecular formula is C18H15FN4O2. The Kier molecular flexibility index (Phi) is 3.68. The first kappa shape index (κ1) is 15.3. The molecule has 7 heteroatoms. The minimum atomic E-state index is -0.445. The largest absolute Gasteiger partial charge is 0.358 e. The Labute approximate surface area is 142 Å². The first-order valence-corrected chi connectivity index (χ1v) is 7.99. The third-order valence-corrected chi connectivity index (χ3v) is 4.34. The van der Waals surface area contributed by atoms with Crippen molar-refractivity contribution >= 4 is 28.0 Å². The van der Waals surface area contributed by atoms with E-state index < -0.39 is 4.92 Å². The summed E-state index contributed by atoms with van der Waals surface area (Å²) >= 11 is 0. The molecule has 25 heavy (non-hydrogen) atoms. The van der Waals surface area contributed by atoms with Crippen LogP contribution in [0.15, 0.2) is 47.6 Å². The zero-order chi connectivity index (χ0) is 17.4. The fraction of sp³-hybridized carbons (Fsp3) is 0.167. The van der Waals surface area contributed by atoms with Crippen molar-refractivity contribution in [2.45, 2.75) is 19.3 Å². The Balaban J connectivity index is 1.72. The van der Waals surface area contributed by atoms with Crippen LogP contribution < -0.4 is 5.43 Å². The molecule has 2 aromatic carbocycles. The van der Waals surface area contributed by atoms with Crippen molar-refractivity contribution in [1.29, 1.82) is 0 Å². The molecule has 0 bridgehead atoms. The number of anilines is 1. The lowest BCUT2D eigenvalue weighted by Crippen LogP contribution is -2.12. The summed E-state index contributed by atoms with van der Waals surface area (Å²) < 4.78 is 13.6. The third kappa shape index (κ3) is 2.84. The number of aromatic nitrogens is 1. The lowest BCUT2D eigenvalue weighted by molar-refractivity contribution is -0.384. The molecule has 1 heterocycles. The number of H-pyrrole nitrogens is 1. The van der Waals surface area contributed by atoms with Crippen LogP contribution in [0, 0.1) is 15.9 Å². The molecule has 0 atom stereocenters. The predicted octanol–water partition coefficient (Wildman–Crippen LogP) is 4.37. The summed E-state index contributed by atoms with van der Waals surface area (Å²) in [5, 5.41) is 16.1. The van der Waals surface area contributed by atoms with Crippen molar-refractivity contribution in [3.8, 4) is 0 Å². The smallest absolute Gasteiger partial charge is 0.271 e. The second-order valence-electron chi connectivity index (χ2n) is 6.00. The highest BCUT2D eigenvalue weighted by Gasteiger charge is 2.21. The molecule has 0 amide bonds. The van der Waals surface area contributed by atoms with E-state index in [0.29, 0.717) is 5.69 Å². The third-order valence-electron chi connectivity index (χ3n) is 4.34. The second-order valence-corrected chi connectivity index (χ2v) is 6.00. The van der Waals surface area contributed by atoms with Gasteiger partial charge in [0.05, 0.1) is 16.3 Å². The number of nitrogens with one attached hydrogen (secondary N) is 2. The summed E-state index contributed by atoms with van der Waals surface area (Å²) in [5.41, 5.74) is 7.13. The van der Waals surface area contributed by atoms with Gasteiger partial charge >= 0.3 is 0 Å². The molecule has 1 aromatic heterocycles. The molecule has 0 saturated heterocycles. The second kappa shape index (κ2) is 6.01. The molecule has 0 aliphatic heterocycles. The topological polar surface area (TPSA) is 83.3 Å². The number of aromatic amines is 1. The van der Waals surface area contributed by atoms with Crippen molar-refractivity contribution in [2.24, 2.45) is 5.10 Å². The van der Waals surface area contributed by atoms with E-state index in [9.17, 15) is 14.5 Å². The van der Waals surface area contributed by atoms with Crippen LogP contribution in [0.1, 0.15) is 24.1 Å². The zero-order valence-corrected chi connectivity index (χ0v) is 13.3. The highest BCUT2D eigenvalue weighted by molar-refractivity contribution is 6.12. The van der Waals surface area contributed by atoms with Crippen molar-refractivity contribution in [1.82, 2.24) is 4.98 Å². The van der Waals surface area contributed by atoms with E-state index in [1.165, 1.54) is 24.3 Å². The van der Waals surface area contributed by atoms with Crippen LogP contribution >= 0.6 is 0 Å². The number of nitrogens with zero attached hydrogens (tertiary/aromatic N) is 2. The quantitative estimate of drug-likeness (QED) is 0.549. The molecule has 0 fully saturated rings. The molecule has 6 nitrogen and oxygen atoms in total. The standard InChI is InChI=1S/C18H15FN4O2/c19-11-7-8-15-14(9-11)18-16(20-15)5-2-6-17(18)22-21-12-3-1-4-13(10-12)23(24)25/h1,3-4,7-10,20-21H,2,5-6H2/b22-17-. The summed E-state index contributed by atoms with van der Waals surface area (Å²) in [7, 11) is 0. The Morgan fingerprint density at radius 3 is 2.92 bits per heavy atom. The van der Waals surface area contributed by atoms with Crippen LogP contribution in [0.2, 0.25) is 0 Å². The number of benzene rings is 2. The Morgan fingerprint density at radius 2 is 2.08 bits per heavy atom. The van der Waals surface area contributed by atoms with Crippen LogP contribution in [-0.2, 0) is 6.42 Å². The molecule has 4 rings (SSSR count). The molecule has 0 radical (unpaired) electrons. The van der Waals surface area contributed by atoms with Gasteiger partial charge in [-0.25, -0.2) is 4.39 Å². The molecule has 126 valence electrons. The summed E-state index contributed by atoms with van der Waals surface area (Å²) in [5.74, 6) is -0.286. The molecule has 0 spiro atoms. The van der Waals surface area contributed by atoms with Crippen LogP contribution in [-0.4, -0.2) is 15.6 Å². The van der Waals surface area contributed by atoms with Crippen molar-refractivity contribution in [2.75, 3.05) is 5.43 Å². The van der Waals surface area contributed by atoms with E-state index >= 15 is 0 Å². The normalized spacial score (nSPS) is 15.3. The van der Waals surface area contributed by atoms with E-state index in [4.69, 9.17) is 0 Å². The number of hydrogen-bond acceptors (Lipinski definition) is 4. The average Bonchev–Trinajstić information content (AvgIpc) is 2.98. The maximum Gasteiger partial charge on any atom is 0.271 e. The van der Waals surface area contributed by atoms with Gasteiger partial charge in [-0.15, -0.1) is 0 Å². The predicted molar refractivity (Wildman–Crippen MR) is 94.5 cm³/mol. The highest BCUT2D eigenvalue weighted by Crippen LogP contribution is 2.30. The van der Waals surface area contributed by atoms with Crippen LogP contribution in [0.3, 0.4) is 0 Å². The molecule has 1 aliphatic carbocycles. The highest BCUT2D eigenvalue weighted by atomic mass is 19.1. The van der Waals surface area contributed by atoms with Gasteiger partial charge in [-0.05, 0) is 43.5 Å². The zero-order valence-electron chi connectivity index (χ0n) is 13.3. The SMILES string of the molecule is O=[N+]([O-])c1cccc(N/N=C2/CCCc3[nH]c4ccc(F)cc4c32)c1. The molecular weight excluding hydrogens is 323 g/mol. The van der Waals surface area contributed by atoms with Crippen LogP contribution in [0.4, 0.5) is 15.8 Å². The van der Waals surface area contributed by atoms with E-state index in [1.54, 1.807) is 18.2 Å². The van der Waals surface area contributed by atoms with Gasteiger partial charge in [-0.2, -0.15) is 5.10 Å². The molecule has 2 N–H and O–H groups in total. The van der Waals surface area contributed by atoms with Gasteiger partial charge in [-0.1, -0.05) is 6.07 Å².